The van der Waals surface area contributed by atoms with Crippen LogP contribution in [0.15, 0.2) is 0 Å². The van der Waals surface area contributed by atoms with Crippen molar-refractivity contribution in [3.05, 3.63) is 0 Å². The van der Waals surface area contributed by atoms with E-state index in [2.05, 4.69) is 10.1 Å². The molecule has 1 rings (SSSR count). The molecular formula is C13H23NO3. The molecular weight excluding hydrogens is 218 g/mol. The molecule has 4 heteroatoms. The third-order valence-corrected chi connectivity index (χ3v) is 3.50. The molecule has 4 nitrogen and oxygen atoms in total. The lowest BCUT2D eigenvalue weighted by Crippen LogP contribution is -2.38. The van der Waals surface area contributed by atoms with Crippen LogP contribution in [0.25, 0.3) is 0 Å². The molecule has 1 unspecified atom stereocenters. The van der Waals surface area contributed by atoms with E-state index >= 15 is 0 Å². The van der Waals surface area contributed by atoms with E-state index in [0.717, 1.165) is 0 Å². The van der Waals surface area contributed by atoms with E-state index in [4.69, 9.17) is 0 Å². The van der Waals surface area contributed by atoms with Crippen LogP contribution in [0.1, 0.15) is 45.4 Å². The van der Waals surface area contributed by atoms with Gasteiger partial charge in [0.2, 0.25) is 5.91 Å². The minimum Gasteiger partial charge on any atom is -0.468 e. The molecule has 1 amide bonds. The highest BCUT2D eigenvalue weighted by Crippen LogP contribution is 2.22. The molecule has 0 aromatic rings. The van der Waals surface area contributed by atoms with E-state index in [1.807, 2.05) is 6.92 Å². The summed E-state index contributed by atoms with van der Waals surface area (Å²) in [6, 6.07) is 0. The van der Waals surface area contributed by atoms with Crippen LogP contribution in [0.4, 0.5) is 0 Å². The molecule has 0 aromatic carbocycles. The largest absolute Gasteiger partial charge is 0.468 e. The molecule has 1 aliphatic rings. The number of ether oxygens (including phenoxy) is 1. The lowest BCUT2D eigenvalue weighted by Gasteiger charge is -2.22. The first-order valence-electron chi connectivity index (χ1n) is 6.54. The van der Waals surface area contributed by atoms with Crippen molar-refractivity contribution in [1.29, 1.82) is 0 Å². The summed E-state index contributed by atoms with van der Waals surface area (Å²) in [5.74, 6) is -0.690. The zero-order valence-electron chi connectivity index (χ0n) is 10.8. The molecule has 1 fully saturated rings. The smallest absolute Gasteiger partial charge is 0.318 e. The number of amides is 1. The molecule has 1 N–H and O–H groups in total. The minimum atomic E-state index is -0.649. The fourth-order valence-electron chi connectivity index (χ4n) is 2.36. The highest BCUT2D eigenvalue weighted by molar-refractivity contribution is 5.97. The Bertz CT molecular complexity index is 259. The first-order chi connectivity index (χ1) is 8.19. The van der Waals surface area contributed by atoms with Gasteiger partial charge in [0, 0.05) is 6.54 Å². The molecule has 17 heavy (non-hydrogen) atoms. The Hall–Kier alpha value is -1.06. The van der Waals surface area contributed by atoms with Crippen LogP contribution in [-0.4, -0.2) is 25.5 Å². The van der Waals surface area contributed by atoms with E-state index < -0.39 is 11.9 Å². The number of hydrogen-bond donors (Lipinski definition) is 1. The third-order valence-electron chi connectivity index (χ3n) is 3.50. The minimum absolute atomic E-state index is 0.190. The average Bonchev–Trinajstić information content (AvgIpc) is 2.38. The summed E-state index contributed by atoms with van der Waals surface area (Å²) in [4.78, 5) is 23.2. The van der Waals surface area contributed by atoms with Gasteiger partial charge in [-0.25, -0.2) is 0 Å². The number of carbonyl (C=O) groups is 2. The second-order valence-corrected chi connectivity index (χ2v) is 4.73. The zero-order chi connectivity index (χ0) is 12.7. The molecule has 1 atom stereocenters. The SMILES string of the molecule is CCC(C(=O)NCC1CCCCC1)C(=O)OC. The molecule has 0 aromatic heterocycles. The number of hydrogen-bond acceptors (Lipinski definition) is 3. The van der Waals surface area contributed by atoms with Crippen molar-refractivity contribution in [2.75, 3.05) is 13.7 Å². The maximum atomic E-state index is 11.8. The highest BCUT2D eigenvalue weighted by atomic mass is 16.5. The van der Waals surface area contributed by atoms with Gasteiger partial charge in [0.05, 0.1) is 7.11 Å². The molecule has 1 aliphatic carbocycles. The van der Waals surface area contributed by atoms with Crippen LogP contribution >= 0.6 is 0 Å². The fourth-order valence-corrected chi connectivity index (χ4v) is 2.36. The Labute approximate surface area is 103 Å². The molecule has 0 spiro atoms. The number of rotatable bonds is 5. The summed E-state index contributed by atoms with van der Waals surface area (Å²) in [6.07, 6.45) is 6.70. The lowest BCUT2D eigenvalue weighted by molar-refractivity contribution is -0.150. The predicted octanol–water partition coefficient (Wildman–Crippen LogP) is 1.88. The highest BCUT2D eigenvalue weighted by Gasteiger charge is 2.26. The summed E-state index contributed by atoms with van der Waals surface area (Å²) in [5.41, 5.74) is 0. The fraction of sp³-hybridized carbons (Fsp3) is 0.846. The molecule has 1 saturated carbocycles. The van der Waals surface area contributed by atoms with Crippen molar-refractivity contribution in [3.8, 4) is 0 Å². The van der Waals surface area contributed by atoms with Gasteiger partial charge < -0.3 is 10.1 Å². The first kappa shape index (κ1) is 14.0. The van der Waals surface area contributed by atoms with Gasteiger partial charge in [-0.3, -0.25) is 9.59 Å². The molecule has 0 bridgehead atoms. The normalized spacial score (nSPS) is 18.5. The molecule has 0 saturated heterocycles. The summed E-state index contributed by atoms with van der Waals surface area (Å²) in [7, 11) is 1.32. The quantitative estimate of drug-likeness (QED) is 0.590. The summed E-state index contributed by atoms with van der Waals surface area (Å²) >= 11 is 0. The monoisotopic (exact) mass is 241 g/mol. The van der Waals surface area contributed by atoms with Crippen molar-refractivity contribution in [1.82, 2.24) is 5.32 Å². The molecule has 0 heterocycles. The van der Waals surface area contributed by atoms with E-state index in [9.17, 15) is 9.59 Å². The number of nitrogens with one attached hydrogen (secondary N) is 1. The first-order valence-corrected chi connectivity index (χ1v) is 6.54. The predicted molar refractivity (Wildman–Crippen MR) is 65.4 cm³/mol. The van der Waals surface area contributed by atoms with Gasteiger partial charge in [-0.05, 0) is 25.2 Å². The van der Waals surface area contributed by atoms with Gasteiger partial charge in [0.25, 0.3) is 0 Å². The summed E-state index contributed by atoms with van der Waals surface area (Å²) < 4.78 is 4.62. The standard InChI is InChI=1S/C13H23NO3/c1-3-11(13(16)17-2)12(15)14-9-10-7-5-4-6-8-10/h10-11H,3-9H2,1-2H3,(H,14,15). The number of methoxy groups -OCH3 is 1. The van der Waals surface area contributed by atoms with Crippen molar-refractivity contribution in [2.45, 2.75) is 45.4 Å². The van der Waals surface area contributed by atoms with Gasteiger partial charge >= 0.3 is 5.97 Å². The van der Waals surface area contributed by atoms with E-state index in [1.54, 1.807) is 0 Å². The molecule has 0 radical (unpaired) electrons. The van der Waals surface area contributed by atoms with E-state index in [0.29, 0.717) is 18.9 Å². The van der Waals surface area contributed by atoms with Crippen molar-refractivity contribution >= 4 is 11.9 Å². The van der Waals surface area contributed by atoms with Crippen molar-refractivity contribution in [3.63, 3.8) is 0 Å². The van der Waals surface area contributed by atoms with Crippen LogP contribution in [0.5, 0.6) is 0 Å². The zero-order valence-corrected chi connectivity index (χ0v) is 10.8. The Morgan fingerprint density at radius 2 is 1.94 bits per heavy atom. The van der Waals surface area contributed by atoms with Crippen molar-refractivity contribution < 1.29 is 14.3 Å². The Balaban J connectivity index is 2.33. The van der Waals surface area contributed by atoms with E-state index in [-0.39, 0.29) is 5.91 Å². The van der Waals surface area contributed by atoms with Gasteiger partial charge in [-0.2, -0.15) is 0 Å². The summed E-state index contributed by atoms with van der Waals surface area (Å²) in [6.45, 7) is 2.52. The van der Waals surface area contributed by atoms with Crippen LogP contribution in [0.2, 0.25) is 0 Å². The number of esters is 1. The van der Waals surface area contributed by atoms with Crippen LogP contribution < -0.4 is 5.32 Å². The van der Waals surface area contributed by atoms with Gasteiger partial charge in [0.1, 0.15) is 5.92 Å². The Morgan fingerprint density at radius 1 is 1.29 bits per heavy atom. The Kier molecular flexibility index (Phi) is 6.01. The van der Waals surface area contributed by atoms with E-state index in [1.165, 1.54) is 39.2 Å². The van der Waals surface area contributed by atoms with Gasteiger partial charge in [0.15, 0.2) is 0 Å². The van der Waals surface area contributed by atoms with Crippen LogP contribution in [0, 0.1) is 11.8 Å². The van der Waals surface area contributed by atoms with Crippen LogP contribution in [-0.2, 0) is 14.3 Å². The lowest BCUT2D eigenvalue weighted by atomic mass is 9.89. The average molecular weight is 241 g/mol. The van der Waals surface area contributed by atoms with Crippen LogP contribution in [0.3, 0.4) is 0 Å². The maximum Gasteiger partial charge on any atom is 0.318 e. The maximum absolute atomic E-state index is 11.8. The second-order valence-electron chi connectivity index (χ2n) is 4.73. The molecule has 0 aliphatic heterocycles. The third kappa shape index (κ3) is 4.36. The second kappa shape index (κ2) is 7.30. The topological polar surface area (TPSA) is 55.4 Å². The van der Waals surface area contributed by atoms with Gasteiger partial charge in [-0.15, -0.1) is 0 Å². The molecule has 98 valence electrons. The van der Waals surface area contributed by atoms with Gasteiger partial charge in [-0.1, -0.05) is 26.2 Å². The Morgan fingerprint density at radius 3 is 2.47 bits per heavy atom. The number of carbonyl (C=O) groups excluding carboxylic acids is 2. The summed E-state index contributed by atoms with van der Waals surface area (Å²) in [5, 5.41) is 2.88. The van der Waals surface area contributed by atoms with Crippen molar-refractivity contribution in [2.24, 2.45) is 11.8 Å².